The fourth-order valence-corrected chi connectivity index (χ4v) is 2.61. The van der Waals surface area contributed by atoms with Gasteiger partial charge in [-0.1, -0.05) is 11.6 Å². The van der Waals surface area contributed by atoms with E-state index in [-0.39, 0.29) is 28.9 Å². The van der Waals surface area contributed by atoms with E-state index in [0.717, 1.165) is 12.1 Å². The lowest BCUT2D eigenvalue weighted by atomic mass is 10.3. The molecule has 0 aliphatic heterocycles. The summed E-state index contributed by atoms with van der Waals surface area (Å²) in [4.78, 5) is -0.245. The van der Waals surface area contributed by atoms with Crippen LogP contribution >= 0.6 is 24.0 Å². The number of likely N-dealkylation sites (N-methyl/N-ethyl adjacent to an activating group) is 1. The minimum atomic E-state index is -3.75. The van der Waals surface area contributed by atoms with Crippen LogP contribution < -0.4 is 10.0 Å². The number of hydrogen-bond donors (Lipinski definition) is 2. The fourth-order valence-electron chi connectivity index (χ4n) is 1.07. The van der Waals surface area contributed by atoms with E-state index < -0.39 is 15.8 Å². The second kappa shape index (κ2) is 7.13. The van der Waals surface area contributed by atoms with Gasteiger partial charge < -0.3 is 5.32 Å². The van der Waals surface area contributed by atoms with Crippen molar-refractivity contribution in [3.63, 3.8) is 0 Å². The molecule has 0 bridgehead atoms. The van der Waals surface area contributed by atoms with Crippen LogP contribution in [0.1, 0.15) is 0 Å². The summed E-state index contributed by atoms with van der Waals surface area (Å²) in [5.41, 5.74) is 0. The highest BCUT2D eigenvalue weighted by Crippen LogP contribution is 2.21. The molecule has 1 rings (SSSR count). The first-order chi connectivity index (χ1) is 7.47. The molecule has 0 radical (unpaired) electrons. The summed E-state index contributed by atoms with van der Waals surface area (Å²) in [6, 6.07) is 3.21. The number of benzene rings is 1. The van der Waals surface area contributed by atoms with Crippen LogP contribution in [0.2, 0.25) is 5.02 Å². The molecule has 0 heterocycles. The van der Waals surface area contributed by atoms with E-state index in [1.807, 2.05) is 0 Å². The first kappa shape index (κ1) is 16.6. The van der Waals surface area contributed by atoms with Crippen molar-refractivity contribution in [3.8, 4) is 0 Å². The molecule has 0 saturated carbocycles. The van der Waals surface area contributed by atoms with Gasteiger partial charge in [-0.25, -0.2) is 17.5 Å². The summed E-state index contributed by atoms with van der Waals surface area (Å²) in [5.74, 6) is -0.640. The van der Waals surface area contributed by atoms with E-state index in [1.54, 1.807) is 7.05 Å². The highest BCUT2D eigenvalue weighted by atomic mass is 35.5. The van der Waals surface area contributed by atoms with Gasteiger partial charge in [-0.2, -0.15) is 0 Å². The van der Waals surface area contributed by atoms with Crippen LogP contribution in [-0.4, -0.2) is 28.6 Å². The van der Waals surface area contributed by atoms with Gasteiger partial charge in [0.2, 0.25) is 10.0 Å². The number of sulfonamides is 1. The lowest BCUT2D eigenvalue weighted by Gasteiger charge is -2.07. The van der Waals surface area contributed by atoms with Gasteiger partial charge in [0.15, 0.2) is 0 Å². The third-order valence-corrected chi connectivity index (χ3v) is 3.79. The van der Waals surface area contributed by atoms with Crippen molar-refractivity contribution in [1.29, 1.82) is 0 Å². The Morgan fingerprint density at radius 1 is 1.35 bits per heavy atom. The summed E-state index contributed by atoms with van der Waals surface area (Å²) in [7, 11) is -2.05. The molecular formula is C9H13Cl2FN2O2S. The molecule has 0 fully saturated rings. The summed E-state index contributed by atoms with van der Waals surface area (Å²) in [5, 5.41) is 2.78. The highest BCUT2D eigenvalue weighted by molar-refractivity contribution is 7.89. The lowest BCUT2D eigenvalue weighted by molar-refractivity contribution is 0.576. The van der Waals surface area contributed by atoms with Crippen LogP contribution in [0.25, 0.3) is 0 Å². The Balaban J connectivity index is 0.00000256. The van der Waals surface area contributed by atoms with Gasteiger partial charge in [-0.15, -0.1) is 12.4 Å². The SMILES string of the molecule is CNCCNS(=O)(=O)c1cc(F)ccc1Cl.Cl. The number of rotatable bonds is 5. The minimum Gasteiger partial charge on any atom is -0.318 e. The van der Waals surface area contributed by atoms with Gasteiger partial charge in [0, 0.05) is 13.1 Å². The monoisotopic (exact) mass is 302 g/mol. The van der Waals surface area contributed by atoms with Gasteiger partial charge >= 0.3 is 0 Å². The van der Waals surface area contributed by atoms with E-state index in [2.05, 4.69) is 10.0 Å². The maximum atomic E-state index is 12.9. The molecular weight excluding hydrogens is 290 g/mol. The predicted molar refractivity (Wildman–Crippen MR) is 67.8 cm³/mol. The van der Waals surface area contributed by atoms with E-state index in [1.165, 1.54) is 6.07 Å². The number of halogens is 3. The van der Waals surface area contributed by atoms with Gasteiger partial charge in [-0.3, -0.25) is 0 Å². The van der Waals surface area contributed by atoms with Crippen molar-refractivity contribution in [1.82, 2.24) is 10.0 Å². The molecule has 0 saturated heterocycles. The van der Waals surface area contributed by atoms with Crippen LogP contribution in [0.5, 0.6) is 0 Å². The van der Waals surface area contributed by atoms with Gasteiger partial charge in [0.05, 0.1) is 5.02 Å². The molecule has 0 amide bonds. The standard InChI is InChI=1S/C9H12ClFN2O2S.ClH/c1-12-4-5-13-16(14,15)9-6-7(11)2-3-8(9)10;/h2-3,6,12-13H,4-5H2,1H3;1H. The molecule has 2 N–H and O–H groups in total. The Hall–Kier alpha value is -0.400. The van der Waals surface area contributed by atoms with Crippen LogP contribution in [0.3, 0.4) is 0 Å². The van der Waals surface area contributed by atoms with E-state index in [9.17, 15) is 12.8 Å². The van der Waals surface area contributed by atoms with Crippen molar-refractivity contribution in [2.75, 3.05) is 20.1 Å². The molecule has 8 heteroatoms. The largest absolute Gasteiger partial charge is 0.318 e. The molecule has 4 nitrogen and oxygen atoms in total. The maximum Gasteiger partial charge on any atom is 0.242 e. The molecule has 0 aromatic heterocycles. The summed E-state index contributed by atoms with van der Waals surface area (Å²) >= 11 is 5.69. The van der Waals surface area contributed by atoms with Crippen molar-refractivity contribution in [3.05, 3.63) is 29.0 Å². The van der Waals surface area contributed by atoms with Crippen molar-refractivity contribution >= 4 is 34.0 Å². The Morgan fingerprint density at radius 3 is 2.59 bits per heavy atom. The Morgan fingerprint density at radius 2 is 2.00 bits per heavy atom. The van der Waals surface area contributed by atoms with Gasteiger partial charge in [0.25, 0.3) is 0 Å². The maximum absolute atomic E-state index is 12.9. The third-order valence-electron chi connectivity index (χ3n) is 1.85. The topological polar surface area (TPSA) is 58.2 Å². The van der Waals surface area contributed by atoms with Crippen LogP contribution in [-0.2, 0) is 10.0 Å². The average Bonchev–Trinajstić information content (AvgIpc) is 2.22. The highest BCUT2D eigenvalue weighted by Gasteiger charge is 2.17. The Labute approximate surface area is 111 Å². The second-order valence-electron chi connectivity index (χ2n) is 3.08. The van der Waals surface area contributed by atoms with Gasteiger partial charge in [-0.05, 0) is 25.2 Å². The molecule has 1 aromatic carbocycles. The average molecular weight is 303 g/mol. The minimum absolute atomic E-state index is 0. The first-order valence-corrected chi connectivity index (χ1v) is 6.43. The molecule has 0 spiro atoms. The van der Waals surface area contributed by atoms with Crippen LogP contribution in [0, 0.1) is 5.82 Å². The van der Waals surface area contributed by atoms with E-state index in [0.29, 0.717) is 6.54 Å². The lowest BCUT2D eigenvalue weighted by Crippen LogP contribution is -2.30. The van der Waals surface area contributed by atoms with Crippen molar-refractivity contribution in [2.24, 2.45) is 0 Å². The molecule has 0 aliphatic rings. The first-order valence-electron chi connectivity index (χ1n) is 4.56. The van der Waals surface area contributed by atoms with Gasteiger partial charge in [0.1, 0.15) is 10.7 Å². The number of hydrogen-bond acceptors (Lipinski definition) is 3. The van der Waals surface area contributed by atoms with Crippen LogP contribution in [0.15, 0.2) is 23.1 Å². The summed E-state index contributed by atoms with van der Waals surface area (Å²) in [6.45, 7) is 0.692. The Bertz CT molecular complexity index is 468. The fraction of sp³-hybridized carbons (Fsp3) is 0.333. The normalized spacial score (nSPS) is 11.0. The predicted octanol–water partition coefficient (Wildman–Crippen LogP) is 1.40. The molecule has 0 atom stereocenters. The smallest absolute Gasteiger partial charge is 0.242 e. The van der Waals surface area contributed by atoms with E-state index >= 15 is 0 Å². The molecule has 0 unspecified atom stereocenters. The number of nitrogens with one attached hydrogen (secondary N) is 2. The second-order valence-corrected chi connectivity index (χ2v) is 5.22. The molecule has 17 heavy (non-hydrogen) atoms. The zero-order valence-corrected chi connectivity index (χ0v) is 11.4. The molecule has 98 valence electrons. The zero-order valence-electron chi connectivity index (χ0n) is 9.04. The quantitative estimate of drug-likeness (QED) is 0.808. The third kappa shape index (κ3) is 4.77. The van der Waals surface area contributed by atoms with Crippen molar-refractivity contribution in [2.45, 2.75) is 4.90 Å². The van der Waals surface area contributed by atoms with E-state index in [4.69, 9.17) is 11.6 Å². The summed E-state index contributed by atoms with van der Waals surface area (Å²) in [6.07, 6.45) is 0. The Kier molecular flexibility index (Phi) is 6.96. The summed E-state index contributed by atoms with van der Waals surface area (Å²) < 4.78 is 38.6. The van der Waals surface area contributed by atoms with Crippen LogP contribution in [0.4, 0.5) is 4.39 Å². The molecule has 1 aromatic rings. The zero-order chi connectivity index (χ0) is 12.2. The van der Waals surface area contributed by atoms with Crippen molar-refractivity contribution < 1.29 is 12.8 Å². The molecule has 0 aliphatic carbocycles.